The number of rotatable bonds is 4. The summed E-state index contributed by atoms with van der Waals surface area (Å²) in [6.45, 7) is 5.04. The van der Waals surface area contributed by atoms with Crippen LogP contribution in [0.1, 0.15) is 24.8 Å². The van der Waals surface area contributed by atoms with Crippen LogP contribution < -0.4 is 5.73 Å². The van der Waals surface area contributed by atoms with Crippen LogP contribution in [0.15, 0.2) is 36.5 Å². The van der Waals surface area contributed by atoms with Gasteiger partial charge in [-0.1, -0.05) is 12.1 Å². The third kappa shape index (κ3) is 3.68. The third-order valence-corrected chi connectivity index (χ3v) is 5.64. The maximum absolute atomic E-state index is 14.3. The number of aromatic nitrogens is 5. The molecule has 31 heavy (non-hydrogen) atoms. The average molecular weight is 423 g/mol. The SMILES string of the molecule is Nc1ncc(C2=CCN(N3[CH]CCC3)CC2)cc1-c1nnnn1-c1cccc(F)c1F. The first kappa shape index (κ1) is 19.7. The maximum atomic E-state index is 14.3. The minimum absolute atomic E-state index is 0.0980. The lowest BCUT2D eigenvalue weighted by molar-refractivity contribution is 0.0309. The molecule has 2 aromatic heterocycles. The van der Waals surface area contributed by atoms with Gasteiger partial charge in [-0.05, 0) is 59.0 Å². The number of halogens is 2. The van der Waals surface area contributed by atoms with Crippen molar-refractivity contribution in [3.8, 4) is 17.1 Å². The van der Waals surface area contributed by atoms with Crippen LogP contribution in [0.5, 0.6) is 0 Å². The van der Waals surface area contributed by atoms with E-state index < -0.39 is 11.6 Å². The smallest absolute Gasteiger partial charge is 0.190 e. The fraction of sp³-hybridized carbons (Fsp3) is 0.286. The molecule has 0 spiro atoms. The van der Waals surface area contributed by atoms with Crippen LogP contribution in [0.3, 0.4) is 0 Å². The fourth-order valence-corrected chi connectivity index (χ4v) is 4.00. The number of hydrogen-bond donors (Lipinski definition) is 1. The average Bonchev–Trinajstić information content (AvgIpc) is 3.49. The lowest BCUT2D eigenvalue weighted by Gasteiger charge is -2.33. The number of pyridine rings is 1. The van der Waals surface area contributed by atoms with Crippen LogP contribution in [-0.2, 0) is 0 Å². The highest BCUT2D eigenvalue weighted by Gasteiger charge is 2.23. The van der Waals surface area contributed by atoms with E-state index in [-0.39, 0.29) is 17.3 Å². The van der Waals surface area contributed by atoms with Crippen LogP contribution >= 0.6 is 0 Å². The number of nitrogens with two attached hydrogens (primary N) is 1. The number of nitrogen functional groups attached to an aromatic ring is 1. The normalized spacial score (nSPS) is 17.8. The molecule has 1 saturated heterocycles. The number of hydrogen-bond acceptors (Lipinski definition) is 7. The van der Waals surface area contributed by atoms with E-state index in [2.05, 4.69) is 43.1 Å². The van der Waals surface area contributed by atoms with E-state index in [1.165, 1.54) is 18.6 Å². The summed E-state index contributed by atoms with van der Waals surface area (Å²) in [7, 11) is 0. The second-order valence-corrected chi connectivity index (χ2v) is 7.52. The van der Waals surface area contributed by atoms with Crippen LogP contribution in [0.2, 0.25) is 0 Å². The fourth-order valence-electron chi connectivity index (χ4n) is 4.00. The van der Waals surface area contributed by atoms with Crippen molar-refractivity contribution in [1.82, 2.24) is 35.2 Å². The highest BCUT2D eigenvalue weighted by Crippen LogP contribution is 2.31. The first-order valence-electron chi connectivity index (χ1n) is 10.1. The van der Waals surface area contributed by atoms with Crippen molar-refractivity contribution >= 4 is 11.4 Å². The van der Waals surface area contributed by atoms with Crippen molar-refractivity contribution in [3.63, 3.8) is 0 Å². The number of hydrazine groups is 1. The Morgan fingerprint density at radius 2 is 2.03 bits per heavy atom. The molecule has 0 bridgehead atoms. The molecule has 4 heterocycles. The quantitative estimate of drug-likeness (QED) is 0.690. The molecule has 0 saturated carbocycles. The molecule has 0 amide bonds. The van der Waals surface area contributed by atoms with Gasteiger partial charge >= 0.3 is 0 Å². The molecule has 3 aromatic rings. The number of nitrogens with zero attached hydrogens (tertiary/aromatic N) is 7. The summed E-state index contributed by atoms with van der Waals surface area (Å²) < 4.78 is 29.2. The zero-order valence-corrected chi connectivity index (χ0v) is 16.7. The van der Waals surface area contributed by atoms with E-state index in [0.717, 1.165) is 54.4 Å². The van der Waals surface area contributed by atoms with E-state index in [0.29, 0.717) is 5.56 Å². The predicted octanol–water partition coefficient (Wildman–Crippen LogP) is 2.85. The summed E-state index contributed by atoms with van der Waals surface area (Å²) in [5.74, 6) is -1.61. The second-order valence-electron chi connectivity index (χ2n) is 7.52. The summed E-state index contributed by atoms with van der Waals surface area (Å²) in [4.78, 5) is 4.31. The number of tetrazole rings is 1. The Morgan fingerprint density at radius 1 is 1.13 bits per heavy atom. The molecule has 10 heteroatoms. The van der Waals surface area contributed by atoms with E-state index in [1.807, 2.05) is 6.07 Å². The minimum Gasteiger partial charge on any atom is -0.383 e. The van der Waals surface area contributed by atoms with Crippen LogP contribution in [0.4, 0.5) is 14.6 Å². The van der Waals surface area contributed by atoms with Gasteiger partial charge in [-0.2, -0.15) is 4.68 Å². The van der Waals surface area contributed by atoms with Gasteiger partial charge in [0.15, 0.2) is 17.5 Å². The predicted molar refractivity (Wildman–Crippen MR) is 111 cm³/mol. The van der Waals surface area contributed by atoms with Crippen LogP contribution in [-0.4, -0.2) is 54.8 Å². The highest BCUT2D eigenvalue weighted by atomic mass is 19.2. The zero-order chi connectivity index (χ0) is 21.4. The van der Waals surface area contributed by atoms with E-state index in [1.54, 1.807) is 6.20 Å². The van der Waals surface area contributed by atoms with Gasteiger partial charge < -0.3 is 5.73 Å². The molecule has 8 nitrogen and oxygen atoms in total. The summed E-state index contributed by atoms with van der Waals surface area (Å²) in [5, 5.41) is 16.1. The van der Waals surface area contributed by atoms with Gasteiger partial charge in [-0.3, -0.25) is 0 Å². The standard InChI is InChI=1S/C21H21F2N8/c22-17-4-3-5-18(19(17)23)31-21(26-27-28-31)16-12-15(13-25-20(16)24)14-6-10-30(11-7-14)29-8-1-2-9-29/h3-6,8,12-13H,1-2,7,9-11H2,(H2,24,25). The summed E-state index contributed by atoms with van der Waals surface area (Å²) in [5.41, 5.74) is 8.53. The molecular weight excluding hydrogens is 402 g/mol. The first-order valence-corrected chi connectivity index (χ1v) is 10.1. The topological polar surface area (TPSA) is 89.0 Å². The molecule has 1 aromatic carbocycles. The number of anilines is 1. The van der Waals surface area contributed by atoms with E-state index >= 15 is 0 Å². The summed E-state index contributed by atoms with van der Waals surface area (Å²) >= 11 is 0. The van der Waals surface area contributed by atoms with Crippen molar-refractivity contribution in [3.05, 3.63) is 60.3 Å². The molecule has 2 aliphatic heterocycles. The Morgan fingerprint density at radius 3 is 2.81 bits per heavy atom. The highest BCUT2D eigenvalue weighted by molar-refractivity contribution is 5.76. The van der Waals surface area contributed by atoms with Gasteiger partial charge in [0.25, 0.3) is 0 Å². The van der Waals surface area contributed by atoms with Gasteiger partial charge in [0, 0.05) is 32.4 Å². The molecule has 1 radical (unpaired) electrons. The number of benzene rings is 1. The lowest BCUT2D eigenvalue weighted by atomic mass is 10.00. The van der Waals surface area contributed by atoms with Gasteiger partial charge in [0.05, 0.1) is 5.56 Å². The van der Waals surface area contributed by atoms with E-state index in [4.69, 9.17) is 5.73 Å². The van der Waals surface area contributed by atoms with Gasteiger partial charge in [-0.25, -0.2) is 23.8 Å². The monoisotopic (exact) mass is 423 g/mol. The van der Waals surface area contributed by atoms with Crippen molar-refractivity contribution < 1.29 is 8.78 Å². The van der Waals surface area contributed by atoms with Crippen LogP contribution in [0.25, 0.3) is 22.6 Å². The van der Waals surface area contributed by atoms with Gasteiger partial charge in [0.2, 0.25) is 0 Å². The molecule has 0 atom stereocenters. The largest absolute Gasteiger partial charge is 0.383 e. The van der Waals surface area contributed by atoms with E-state index in [9.17, 15) is 8.78 Å². The molecule has 0 unspecified atom stereocenters. The molecule has 5 rings (SSSR count). The third-order valence-electron chi connectivity index (χ3n) is 5.64. The van der Waals surface area contributed by atoms with Crippen molar-refractivity contribution in [1.29, 1.82) is 0 Å². The molecule has 2 N–H and O–H groups in total. The molecule has 2 aliphatic rings. The Kier molecular flexibility index (Phi) is 5.16. The Labute approximate surface area is 177 Å². The molecule has 1 fully saturated rings. The minimum atomic E-state index is -1.03. The van der Waals surface area contributed by atoms with Gasteiger partial charge in [-0.15, -0.1) is 5.10 Å². The lowest BCUT2D eigenvalue weighted by Crippen LogP contribution is -2.41. The Hall–Kier alpha value is -3.24. The maximum Gasteiger partial charge on any atom is 0.190 e. The molecule has 159 valence electrons. The van der Waals surface area contributed by atoms with Crippen LogP contribution in [0, 0.1) is 18.2 Å². The van der Waals surface area contributed by atoms with Crippen molar-refractivity contribution in [2.75, 3.05) is 25.4 Å². The Balaban J connectivity index is 1.47. The van der Waals surface area contributed by atoms with Crippen molar-refractivity contribution in [2.45, 2.75) is 19.3 Å². The second kappa shape index (κ2) is 8.12. The summed E-state index contributed by atoms with van der Waals surface area (Å²) in [6.07, 6.45) is 7.08. The zero-order valence-electron chi connectivity index (χ0n) is 16.7. The van der Waals surface area contributed by atoms with Crippen molar-refractivity contribution in [2.24, 2.45) is 0 Å². The summed E-state index contributed by atoms with van der Waals surface area (Å²) in [6, 6.07) is 5.69. The van der Waals surface area contributed by atoms with Gasteiger partial charge in [0.1, 0.15) is 11.5 Å². The Bertz CT molecular complexity index is 1140. The first-order chi connectivity index (χ1) is 15.1. The molecular formula is C21H21F2N8. The molecule has 0 aliphatic carbocycles.